The van der Waals surface area contributed by atoms with Crippen LogP contribution in [0.5, 0.6) is 5.88 Å². The predicted molar refractivity (Wildman–Crippen MR) is 224 cm³/mol. The second-order valence-corrected chi connectivity index (χ2v) is 19.3. The van der Waals surface area contributed by atoms with E-state index in [4.69, 9.17) is 24.2 Å². The van der Waals surface area contributed by atoms with E-state index in [2.05, 4.69) is 19.1 Å². The van der Waals surface area contributed by atoms with E-state index in [1.54, 1.807) is 36.8 Å². The maximum Gasteiger partial charge on any atom is 0.534 e. The zero-order valence-electron chi connectivity index (χ0n) is 35.8. The molecule has 62 heavy (non-hydrogen) atoms. The number of ether oxygens (including phenoxy) is 3. The third-order valence-corrected chi connectivity index (χ3v) is 11.3. The van der Waals surface area contributed by atoms with E-state index >= 15 is 0 Å². The van der Waals surface area contributed by atoms with E-state index in [0.717, 1.165) is 34.4 Å². The minimum Gasteiger partial charge on any atom is -0.445 e. The third kappa shape index (κ3) is 12.9. The van der Waals surface area contributed by atoms with Gasteiger partial charge in [0.2, 0.25) is 5.88 Å². The van der Waals surface area contributed by atoms with E-state index in [9.17, 15) is 36.0 Å². The highest BCUT2D eigenvalue weighted by Crippen LogP contribution is 2.33. The average molecular weight is 929 g/mol. The summed E-state index contributed by atoms with van der Waals surface area (Å²) >= 11 is 2.48. The molecule has 0 spiro atoms. The molecule has 3 aliphatic rings. The van der Waals surface area contributed by atoms with E-state index in [-0.39, 0.29) is 54.7 Å². The van der Waals surface area contributed by atoms with E-state index in [0.29, 0.717) is 50.8 Å². The number of benzene rings is 1. The van der Waals surface area contributed by atoms with Gasteiger partial charge in [0.1, 0.15) is 23.6 Å². The van der Waals surface area contributed by atoms with Gasteiger partial charge in [0.15, 0.2) is 10.3 Å². The van der Waals surface area contributed by atoms with Crippen LogP contribution >= 0.6 is 23.5 Å². The van der Waals surface area contributed by atoms with Crippen molar-refractivity contribution in [1.82, 2.24) is 34.6 Å². The smallest absolute Gasteiger partial charge is 0.445 e. The first-order valence-electron chi connectivity index (χ1n) is 19.5. The van der Waals surface area contributed by atoms with Crippen LogP contribution in [0.15, 0.2) is 40.6 Å². The van der Waals surface area contributed by atoms with Gasteiger partial charge in [0, 0.05) is 50.4 Å². The Bertz CT molecular complexity index is 2200. The standard InChI is InChI=1S/C25H33N5O4S.C14H18F3N3O5S2/c1-25(2,3)34-24(32)30-11-10-19-20(16-30)26-22(35-4)27-21(19)28-12-14-29(15-13-28)23(31)33-17-18-8-6-5-7-9-18;1-13(2,3)24-12(21)20-6-5-8-9(7-20)18-11(26-4)19-10(8)25-27(22,23)14(15,16)17/h5-9H,10-17H2,1-4H3;5-7H2,1-4H3. The number of amides is 3. The first kappa shape index (κ1) is 48.3. The quantitative estimate of drug-likeness (QED) is 0.0803. The lowest BCUT2D eigenvalue weighted by Crippen LogP contribution is -2.50. The van der Waals surface area contributed by atoms with Crippen molar-refractivity contribution in [3.8, 4) is 5.88 Å². The number of thioether (sulfide) groups is 2. The van der Waals surface area contributed by atoms with Crippen LogP contribution in [0.1, 0.15) is 69.6 Å². The summed E-state index contributed by atoms with van der Waals surface area (Å²) in [4.78, 5) is 61.8. The molecule has 340 valence electrons. The molecule has 23 heteroatoms. The predicted octanol–water partition coefficient (Wildman–Crippen LogP) is 6.67. The molecule has 1 fully saturated rings. The van der Waals surface area contributed by atoms with E-state index < -0.39 is 38.8 Å². The van der Waals surface area contributed by atoms with Gasteiger partial charge in [0.05, 0.1) is 24.5 Å². The SMILES string of the molecule is CSc1nc2c(c(N3CCN(C(=O)OCc4ccccc4)CC3)n1)CCN(C(=O)OC(C)(C)C)C2.CSc1nc2c(c(OS(=O)(=O)C(F)(F)F)n1)CCN(C(=O)OC(C)(C)C)C2. The summed E-state index contributed by atoms with van der Waals surface area (Å²) < 4.78 is 81.1. The molecular formula is C39H51F3N8O9S3. The maximum absolute atomic E-state index is 12.6. The van der Waals surface area contributed by atoms with Gasteiger partial charge < -0.3 is 38.0 Å². The number of hydrogen-bond acceptors (Lipinski definition) is 16. The van der Waals surface area contributed by atoms with Crippen LogP contribution in [0.25, 0.3) is 0 Å². The Morgan fingerprint density at radius 2 is 1.18 bits per heavy atom. The molecular weight excluding hydrogens is 878 g/mol. The lowest BCUT2D eigenvalue weighted by molar-refractivity contribution is -0.0502. The molecule has 2 aromatic heterocycles. The first-order chi connectivity index (χ1) is 29.0. The summed E-state index contributed by atoms with van der Waals surface area (Å²) in [5.74, 6) is 0.228. The minimum absolute atomic E-state index is 0.0198. The highest BCUT2D eigenvalue weighted by molar-refractivity contribution is 7.98. The van der Waals surface area contributed by atoms with Gasteiger partial charge in [-0.3, -0.25) is 0 Å². The molecule has 3 amide bonds. The molecule has 0 radical (unpaired) electrons. The summed E-state index contributed by atoms with van der Waals surface area (Å²) in [6.45, 7) is 14.4. The number of hydrogen-bond donors (Lipinski definition) is 0. The molecule has 17 nitrogen and oxygen atoms in total. The number of nitrogens with zero attached hydrogens (tertiary/aromatic N) is 8. The molecule has 0 aliphatic carbocycles. The largest absolute Gasteiger partial charge is 0.534 e. The first-order valence-corrected chi connectivity index (χ1v) is 23.4. The van der Waals surface area contributed by atoms with Gasteiger partial charge >= 0.3 is 33.9 Å². The van der Waals surface area contributed by atoms with Crippen molar-refractivity contribution in [2.24, 2.45) is 0 Å². The summed E-state index contributed by atoms with van der Waals surface area (Å²) in [5.41, 5.74) is -3.62. The van der Waals surface area contributed by atoms with Crippen LogP contribution in [0, 0.1) is 0 Å². The molecule has 0 atom stereocenters. The number of carbonyl (C=O) groups excluding carboxylic acids is 3. The van der Waals surface area contributed by atoms with Gasteiger partial charge in [-0.15, -0.1) is 0 Å². The lowest BCUT2D eigenvalue weighted by atomic mass is 10.0. The van der Waals surface area contributed by atoms with Crippen molar-refractivity contribution < 1.29 is 54.4 Å². The number of rotatable bonds is 7. The van der Waals surface area contributed by atoms with E-state index in [1.807, 2.05) is 57.4 Å². The van der Waals surface area contributed by atoms with Crippen LogP contribution in [0.4, 0.5) is 33.4 Å². The molecule has 3 aromatic rings. The number of aromatic nitrogens is 4. The lowest BCUT2D eigenvalue weighted by Gasteiger charge is -2.37. The van der Waals surface area contributed by atoms with Crippen molar-refractivity contribution in [2.45, 2.75) is 101 Å². The Morgan fingerprint density at radius 3 is 1.68 bits per heavy atom. The molecule has 6 rings (SSSR count). The second-order valence-electron chi connectivity index (χ2n) is 16.2. The summed E-state index contributed by atoms with van der Waals surface area (Å²) in [7, 11) is -5.87. The summed E-state index contributed by atoms with van der Waals surface area (Å²) in [5, 5.41) is 0.696. The fraction of sp³-hybridized carbons (Fsp3) is 0.564. The number of piperazine rings is 1. The van der Waals surface area contributed by atoms with Gasteiger partial charge in [-0.1, -0.05) is 53.9 Å². The topological polar surface area (TPSA) is 187 Å². The summed E-state index contributed by atoms with van der Waals surface area (Å²) in [6, 6.07) is 9.68. The van der Waals surface area contributed by atoms with Gasteiger partial charge in [-0.25, -0.2) is 29.3 Å². The Hall–Kier alpha value is -4.77. The Labute approximate surface area is 367 Å². The fourth-order valence-electron chi connectivity index (χ4n) is 6.30. The molecule has 0 bridgehead atoms. The maximum atomic E-state index is 12.6. The second kappa shape index (κ2) is 19.7. The van der Waals surface area contributed by atoms with E-state index in [1.165, 1.54) is 16.7 Å². The van der Waals surface area contributed by atoms with Crippen molar-refractivity contribution in [2.75, 3.05) is 56.7 Å². The van der Waals surface area contributed by atoms with Crippen LogP contribution in [-0.4, -0.2) is 130 Å². The van der Waals surface area contributed by atoms with Gasteiger partial charge in [0.25, 0.3) is 0 Å². The molecule has 1 saturated heterocycles. The molecule has 0 N–H and O–H groups in total. The average Bonchev–Trinajstić information content (AvgIpc) is 3.20. The van der Waals surface area contributed by atoms with Crippen LogP contribution < -0.4 is 9.08 Å². The number of carbonyl (C=O) groups is 3. The van der Waals surface area contributed by atoms with Gasteiger partial charge in [-0.2, -0.15) is 26.6 Å². The molecule has 3 aliphatic heterocycles. The van der Waals surface area contributed by atoms with Crippen LogP contribution in [0.2, 0.25) is 0 Å². The number of alkyl halides is 3. The number of halogens is 3. The Kier molecular flexibility index (Phi) is 15.4. The zero-order valence-corrected chi connectivity index (χ0v) is 38.2. The van der Waals surface area contributed by atoms with Crippen molar-refractivity contribution >= 4 is 57.7 Å². The summed E-state index contributed by atoms with van der Waals surface area (Å²) in [6.07, 6.45) is 2.97. The molecule has 1 aromatic carbocycles. The minimum atomic E-state index is -5.87. The highest BCUT2D eigenvalue weighted by Gasteiger charge is 2.49. The molecule has 5 heterocycles. The van der Waals surface area contributed by atoms with Crippen molar-refractivity contribution in [3.05, 3.63) is 58.4 Å². The Morgan fingerprint density at radius 1 is 0.677 bits per heavy atom. The number of anilines is 1. The zero-order chi connectivity index (χ0) is 45.6. The number of fused-ring (bicyclic) bond motifs is 2. The van der Waals surface area contributed by atoms with Gasteiger partial charge in [-0.05, 0) is 72.5 Å². The van der Waals surface area contributed by atoms with Crippen molar-refractivity contribution in [3.63, 3.8) is 0 Å². The molecule has 0 saturated carbocycles. The van der Waals surface area contributed by atoms with Crippen molar-refractivity contribution in [1.29, 1.82) is 0 Å². The normalized spacial score (nSPS) is 15.7. The third-order valence-electron chi connectivity index (χ3n) is 9.21. The monoisotopic (exact) mass is 928 g/mol. The van der Waals surface area contributed by atoms with Crippen LogP contribution in [0.3, 0.4) is 0 Å². The van der Waals surface area contributed by atoms with Crippen LogP contribution in [-0.2, 0) is 56.9 Å². The molecule has 0 unspecified atom stereocenters. The Balaban J connectivity index is 0.000000243. The fourth-order valence-corrected chi connectivity index (χ4v) is 7.50. The highest BCUT2D eigenvalue weighted by atomic mass is 32.2.